The fourth-order valence-corrected chi connectivity index (χ4v) is 2.85. The Labute approximate surface area is 87.1 Å². The molecule has 0 saturated carbocycles. The van der Waals surface area contributed by atoms with Crippen LogP contribution in [0.5, 0.6) is 0 Å². The number of hydrogen-bond acceptors (Lipinski definition) is 2. The summed E-state index contributed by atoms with van der Waals surface area (Å²) in [4.78, 5) is 0. The first-order chi connectivity index (χ1) is 6.06. The Kier molecular flexibility index (Phi) is 4.11. The van der Waals surface area contributed by atoms with Gasteiger partial charge in [-0.2, -0.15) is 11.8 Å². The minimum absolute atomic E-state index is 0.473. The van der Waals surface area contributed by atoms with Crippen LogP contribution in [-0.4, -0.2) is 22.6 Å². The molecule has 0 aromatic heterocycles. The van der Waals surface area contributed by atoms with E-state index in [9.17, 15) is 0 Å². The van der Waals surface area contributed by atoms with E-state index in [0.29, 0.717) is 10.8 Å². The zero-order chi connectivity index (χ0) is 9.90. The van der Waals surface area contributed by atoms with Crippen LogP contribution < -0.4 is 5.32 Å². The third-order valence-electron chi connectivity index (χ3n) is 2.94. The fraction of sp³-hybridized carbons (Fsp3) is 1.00. The first-order valence-electron chi connectivity index (χ1n) is 5.46. The molecule has 1 fully saturated rings. The molecular weight excluding hydrogens is 178 g/mol. The molecule has 1 heterocycles. The number of rotatable bonds is 5. The van der Waals surface area contributed by atoms with Gasteiger partial charge in [0, 0.05) is 22.6 Å². The van der Waals surface area contributed by atoms with Crippen molar-refractivity contribution < 1.29 is 0 Å². The summed E-state index contributed by atoms with van der Waals surface area (Å²) in [5.74, 6) is 1.30. The number of thioether (sulfide) groups is 1. The molecule has 78 valence electrons. The maximum absolute atomic E-state index is 3.72. The van der Waals surface area contributed by atoms with Crippen molar-refractivity contribution in [3.8, 4) is 0 Å². The topological polar surface area (TPSA) is 12.0 Å². The van der Waals surface area contributed by atoms with E-state index in [1.54, 1.807) is 0 Å². The molecule has 0 radical (unpaired) electrons. The molecule has 2 heteroatoms. The zero-order valence-corrected chi connectivity index (χ0v) is 10.2. The van der Waals surface area contributed by atoms with Crippen LogP contribution in [0.25, 0.3) is 0 Å². The standard InChI is InChI=1S/C11H23NS/c1-5-6-7-9(2)12-10-8-13-11(10,3)4/h9-10,12H,5-8H2,1-4H3. The molecule has 1 saturated heterocycles. The SMILES string of the molecule is CCCCC(C)NC1CSC1(C)C. The molecular formula is C11H23NS. The van der Waals surface area contributed by atoms with Crippen LogP contribution in [0.4, 0.5) is 0 Å². The molecule has 1 aliphatic rings. The van der Waals surface area contributed by atoms with Crippen molar-refractivity contribution >= 4 is 11.8 Å². The van der Waals surface area contributed by atoms with Gasteiger partial charge in [-0.15, -0.1) is 0 Å². The third-order valence-corrected chi connectivity index (χ3v) is 4.47. The van der Waals surface area contributed by atoms with Gasteiger partial charge in [0.05, 0.1) is 0 Å². The van der Waals surface area contributed by atoms with Crippen LogP contribution in [-0.2, 0) is 0 Å². The van der Waals surface area contributed by atoms with Crippen molar-refractivity contribution in [2.24, 2.45) is 0 Å². The summed E-state index contributed by atoms with van der Waals surface area (Å²) in [6, 6.07) is 1.44. The average molecular weight is 201 g/mol. The third kappa shape index (κ3) is 3.17. The van der Waals surface area contributed by atoms with Gasteiger partial charge in [0.1, 0.15) is 0 Å². The quantitative estimate of drug-likeness (QED) is 0.734. The highest BCUT2D eigenvalue weighted by atomic mass is 32.2. The highest BCUT2D eigenvalue weighted by Gasteiger charge is 2.39. The van der Waals surface area contributed by atoms with Crippen molar-refractivity contribution in [1.82, 2.24) is 5.32 Å². The molecule has 1 nitrogen and oxygen atoms in total. The van der Waals surface area contributed by atoms with E-state index >= 15 is 0 Å². The summed E-state index contributed by atoms with van der Waals surface area (Å²) in [6.07, 6.45) is 4.00. The minimum Gasteiger partial charge on any atom is -0.309 e. The van der Waals surface area contributed by atoms with Crippen LogP contribution in [0, 0.1) is 0 Å². The van der Waals surface area contributed by atoms with Gasteiger partial charge >= 0.3 is 0 Å². The van der Waals surface area contributed by atoms with Gasteiger partial charge in [-0.25, -0.2) is 0 Å². The van der Waals surface area contributed by atoms with E-state index < -0.39 is 0 Å². The van der Waals surface area contributed by atoms with Gasteiger partial charge in [0.25, 0.3) is 0 Å². The van der Waals surface area contributed by atoms with Gasteiger partial charge in [0.15, 0.2) is 0 Å². The molecule has 0 aromatic carbocycles. The maximum Gasteiger partial charge on any atom is 0.0302 e. The lowest BCUT2D eigenvalue weighted by atomic mass is 10.0. The lowest BCUT2D eigenvalue weighted by Crippen LogP contribution is -2.56. The molecule has 1 rings (SSSR count). The van der Waals surface area contributed by atoms with E-state index in [0.717, 1.165) is 6.04 Å². The van der Waals surface area contributed by atoms with Crippen molar-refractivity contribution in [2.75, 3.05) is 5.75 Å². The Bertz CT molecular complexity index is 156. The summed E-state index contributed by atoms with van der Waals surface area (Å²) >= 11 is 2.07. The fourth-order valence-electron chi connectivity index (χ4n) is 1.69. The monoisotopic (exact) mass is 201 g/mol. The molecule has 2 unspecified atom stereocenters. The number of hydrogen-bond donors (Lipinski definition) is 1. The molecule has 2 atom stereocenters. The molecule has 13 heavy (non-hydrogen) atoms. The van der Waals surface area contributed by atoms with E-state index in [1.165, 1.54) is 25.0 Å². The summed E-state index contributed by atoms with van der Waals surface area (Å²) in [7, 11) is 0. The maximum atomic E-state index is 3.72. The minimum atomic E-state index is 0.473. The van der Waals surface area contributed by atoms with Crippen molar-refractivity contribution in [2.45, 2.75) is 63.8 Å². The van der Waals surface area contributed by atoms with Gasteiger partial charge in [0.2, 0.25) is 0 Å². The van der Waals surface area contributed by atoms with Crippen LogP contribution in [0.3, 0.4) is 0 Å². The molecule has 0 spiro atoms. The van der Waals surface area contributed by atoms with E-state index in [2.05, 4.69) is 44.8 Å². The van der Waals surface area contributed by atoms with Gasteiger partial charge in [-0.05, 0) is 27.2 Å². The predicted molar refractivity (Wildman–Crippen MR) is 62.4 cm³/mol. The van der Waals surface area contributed by atoms with E-state index in [-0.39, 0.29) is 0 Å². The summed E-state index contributed by atoms with van der Waals surface area (Å²) < 4.78 is 0.473. The Morgan fingerprint density at radius 1 is 1.54 bits per heavy atom. The van der Waals surface area contributed by atoms with Crippen LogP contribution in [0.15, 0.2) is 0 Å². The van der Waals surface area contributed by atoms with Gasteiger partial charge < -0.3 is 5.32 Å². The average Bonchev–Trinajstić information content (AvgIpc) is 2.09. The molecule has 0 amide bonds. The lowest BCUT2D eigenvalue weighted by molar-refractivity contribution is 0.374. The second-order valence-corrected chi connectivity index (χ2v) is 6.35. The van der Waals surface area contributed by atoms with E-state index in [4.69, 9.17) is 0 Å². The Morgan fingerprint density at radius 3 is 2.62 bits per heavy atom. The summed E-state index contributed by atoms with van der Waals surface area (Å²) in [5, 5.41) is 3.72. The highest BCUT2D eigenvalue weighted by molar-refractivity contribution is 8.02. The van der Waals surface area contributed by atoms with Gasteiger partial charge in [-0.1, -0.05) is 19.8 Å². The summed E-state index contributed by atoms with van der Waals surface area (Å²) in [5.41, 5.74) is 0. The molecule has 0 aliphatic carbocycles. The first-order valence-corrected chi connectivity index (χ1v) is 6.45. The van der Waals surface area contributed by atoms with Gasteiger partial charge in [-0.3, -0.25) is 0 Å². The molecule has 1 N–H and O–H groups in total. The lowest BCUT2D eigenvalue weighted by Gasteiger charge is -2.45. The first kappa shape index (κ1) is 11.4. The summed E-state index contributed by atoms with van der Waals surface area (Å²) in [6.45, 7) is 9.25. The Balaban J connectivity index is 2.17. The number of unbranched alkanes of at least 4 members (excludes halogenated alkanes) is 1. The molecule has 1 aliphatic heterocycles. The smallest absolute Gasteiger partial charge is 0.0302 e. The second-order valence-electron chi connectivity index (χ2n) is 4.68. The molecule has 0 bridgehead atoms. The largest absolute Gasteiger partial charge is 0.309 e. The second kappa shape index (κ2) is 4.70. The van der Waals surface area contributed by atoms with Crippen LogP contribution >= 0.6 is 11.8 Å². The zero-order valence-electron chi connectivity index (χ0n) is 9.39. The van der Waals surface area contributed by atoms with Crippen molar-refractivity contribution in [1.29, 1.82) is 0 Å². The Morgan fingerprint density at radius 2 is 2.23 bits per heavy atom. The normalized spacial score (nSPS) is 28.2. The van der Waals surface area contributed by atoms with Crippen LogP contribution in [0.2, 0.25) is 0 Å². The van der Waals surface area contributed by atoms with Crippen LogP contribution in [0.1, 0.15) is 47.0 Å². The van der Waals surface area contributed by atoms with Crippen molar-refractivity contribution in [3.63, 3.8) is 0 Å². The molecule has 0 aromatic rings. The van der Waals surface area contributed by atoms with Crippen molar-refractivity contribution in [3.05, 3.63) is 0 Å². The number of nitrogens with one attached hydrogen (secondary N) is 1. The Hall–Kier alpha value is 0.310. The highest BCUT2D eigenvalue weighted by Crippen LogP contribution is 2.40. The van der Waals surface area contributed by atoms with E-state index in [1.807, 2.05) is 0 Å². The predicted octanol–water partition coefficient (Wildman–Crippen LogP) is 3.05.